The van der Waals surface area contributed by atoms with Crippen molar-refractivity contribution in [1.29, 1.82) is 0 Å². The molecule has 0 spiro atoms. The molecule has 1 aliphatic rings. The van der Waals surface area contributed by atoms with Crippen LogP contribution in [0.1, 0.15) is 59.8 Å². The van der Waals surface area contributed by atoms with Crippen molar-refractivity contribution in [1.82, 2.24) is 4.90 Å². The molecule has 1 saturated carbocycles. The van der Waals surface area contributed by atoms with Crippen LogP contribution in [0.5, 0.6) is 0 Å². The normalized spacial score (nSPS) is 17.5. The van der Waals surface area contributed by atoms with Crippen LogP contribution in [-0.4, -0.2) is 35.1 Å². The highest BCUT2D eigenvalue weighted by Gasteiger charge is 2.29. The van der Waals surface area contributed by atoms with Gasteiger partial charge < -0.3 is 15.8 Å². The number of hydrogen-bond donors (Lipinski definition) is 2. The third-order valence-corrected chi connectivity index (χ3v) is 4.11. The van der Waals surface area contributed by atoms with Gasteiger partial charge in [-0.15, -0.1) is 0 Å². The Bertz CT molecular complexity index is 296. The second-order valence-corrected chi connectivity index (χ2v) is 6.92. The van der Waals surface area contributed by atoms with Gasteiger partial charge in [-0.25, -0.2) is 0 Å². The predicted molar refractivity (Wildman–Crippen MR) is 80.5 cm³/mol. The number of nitrogens with zero attached hydrogens (tertiary/aromatic N) is 2. The topological polar surface area (TPSA) is 61.8 Å². The summed E-state index contributed by atoms with van der Waals surface area (Å²) < 4.78 is 0. The SMILES string of the molecule is CC(C)CCN(CCCC(C)(C)C(N)=NO)C1CC1. The van der Waals surface area contributed by atoms with E-state index in [0.717, 1.165) is 31.3 Å². The lowest BCUT2D eigenvalue weighted by atomic mass is 9.86. The molecule has 0 radical (unpaired) electrons. The minimum Gasteiger partial charge on any atom is -0.409 e. The molecule has 19 heavy (non-hydrogen) atoms. The van der Waals surface area contributed by atoms with Gasteiger partial charge in [0.05, 0.1) is 0 Å². The predicted octanol–water partition coefficient (Wildman–Crippen LogP) is 3.05. The Hall–Kier alpha value is -0.770. The molecule has 0 unspecified atom stereocenters. The van der Waals surface area contributed by atoms with Gasteiger partial charge >= 0.3 is 0 Å². The standard InChI is InChI=1S/C15H31N3O/c1-12(2)8-11-18(13-6-7-13)10-5-9-15(3,4)14(16)17-19/h12-13,19H,5-11H2,1-4H3,(H2,16,17). The second-order valence-electron chi connectivity index (χ2n) is 6.92. The molecular formula is C15H31N3O. The maximum Gasteiger partial charge on any atom is 0.144 e. The van der Waals surface area contributed by atoms with Gasteiger partial charge in [0.1, 0.15) is 5.84 Å². The van der Waals surface area contributed by atoms with E-state index in [1.54, 1.807) is 0 Å². The lowest BCUT2D eigenvalue weighted by Gasteiger charge is -2.27. The van der Waals surface area contributed by atoms with Crippen molar-refractivity contribution in [3.05, 3.63) is 0 Å². The van der Waals surface area contributed by atoms with Gasteiger partial charge in [-0.05, 0) is 51.1 Å². The molecule has 0 aliphatic heterocycles. The molecular weight excluding hydrogens is 238 g/mol. The van der Waals surface area contributed by atoms with Gasteiger partial charge in [-0.3, -0.25) is 0 Å². The van der Waals surface area contributed by atoms with Gasteiger partial charge in [0.25, 0.3) is 0 Å². The summed E-state index contributed by atoms with van der Waals surface area (Å²) in [4.78, 5) is 2.63. The molecule has 0 saturated heterocycles. The first-order chi connectivity index (χ1) is 8.86. The Morgan fingerprint density at radius 1 is 1.37 bits per heavy atom. The molecule has 0 aromatic heterocycles. The van der Waals surface area contributed by atoms with Crippen molar-refractivity contribution >= 4 is 5.84 Å². The van der Waals surface area contributed by atoms with Crippen LogP contribution >= 0.6 is 0 Å². The van der Waals surface area contributed by atoms with Crippen LogP contribution in [0.15, 0.2) is 5.16 Å². The fraction of sp³-hybridized carbons (Fsp3) is 0.933. The van der Waals surface area contributed by atoms with Gasteiger partial charge in [-0.1, -0.05) is 32.9 Å². The monoisotopic (exact) mass is 269 g/mol. The Kier molecular flexibility index (Phi) is 6.11. The molecule has 4 heteroatoms. The molecule has 112 valence electrons. The highest BCUT2D eigenvalue weighted by atomic mass is 16.4. The zero-order chi connectivity index (χ0) is 14.5. The first-order valence-electron chi connectivity index (χ1n) is 7.59. The molecule has 0 amide bonds. The maximum atomic E-state index is 8.77. The van der Waals surface area contributed by atoms with E-state index in [1.807, 2.05) is 13.8 Å². The zero-order valence-corrected chi connectivity index (χ0v) is 13.0. The van der Waals surface area contributed by atoms with E-state index in [2.05, 4.69) is 23.9 Å². The second kappa shape index (κ2) is 7.13. The van der Waals surface area contributed by atoms with Crippen molar-refractivity contribution in [3.63, 3.8) is 0 Å². The quantitative estimate of drug-likeness (QED) is 0.293. The van der Waals surface area contributed by atoms with Crippen LogP contribution in [-0.2, 0) is 0 Å². The van der Waals surface area contributed by atoms with E-state index in [0.29, 0.717) is 5.84 Å². The van der Waals surface area contributed by atoms with Crippen LogP contribution in [0, 0.1) is 11.3 Å². The summed E-state index contributed by atoms with van der Waals surface area (Å²) in [6.07, 6.45) is 6.08. The van der Waals surface area contributed by atoms with E-state index in [4.69, 9.17) is 10.9 Å². The number of amidine groups is 1. The van der Waals surface area contributed by atoms with Crippen LogP contribution in [0.2, 0.25) is 0 Å². The average Bonchev–Trinajstić information content (AvgIpc) is 3.16. The van der Waals surface area contributed by atoms with E-state index in [1.165, 1.54) is 25.8 Å². The van der Waals surface area contributed by atoms with Crippen molar-refractivity contribution in [2.24, 2.45) is 22.2 Å². The summed E-state index contributed by atoms with van der Waals surface area (Å²) >= 11 is 0. The molecule has 1 fully saturated rings. The molecule has 0 aromatic rings. The smallest absolute Gasteiger partial charge is 0.144 e. The maximum absolute atomic E-state index is 8.77. The van der Waals surface area contributed by atoms with E-state index < -0.39 is 0 Å². The van der Waals surface area contributed by atoms with Crippen LogP contribution in [0.3, 0.4) is 0 Å². The first-order valence-corrected chi connectivity index (χ1v) is 7.59. The summed E-state index contributed by atoms with van der Waals surface area (Å²) in [5, 5.41) is 11.9. The Balaban J connectivity index is 2.32. The molecule has 0 bridgehead atoms. The lowest BCUT2D eigenvalue weighted by molar-refractivity contribution is 0.233. The number of oxime groups is 1. The summed E-state index contributed by atoms with van der Waals surface area (Å²) in [5.41, 5.74) is 5.52. The first kappa shape index (κ1) is 16.3. The van der Waals surface area contributed by atoms with Crippen molar-refractivity contribution in [3.8, 4) is 0 Å². The lowest BCUT2D eigenvalue weighted by Crippen LogP contribution is -2.34. The molecule has 0 aromatic carbocycles. The van der Waals surface area contributed by atoms with E-state index >= 15 is 0 Å². The molecule has 3 N–H and O–H groups in total. The van der Waals surface area contributed by atoms with Gasteiger partial charge in [-0.2, -0.15) is 0 Å². The summed E-state index contributed by atoms with van der Waals surface area (Å²) in [6, 6.07) is 0.825. The van der Waals surface area contributed by atoms with Crippen LogP contribution in [0.4, 0.5) is 0 Å². The van der Waals surface area contributed by atoms with Crippen molar-refractivity contribution in [2.45, 2.75) is 65.8 Å². The van der Waals surface area contributed by atoms with Gasteiger partial charge in [0.2, 0.25) is 0 Å². The van der Waals surface area contributed by atoms with E-state index in [9.17, 15) is 0 Å². The van der Waals surface area contributed by atoms with Gasteiger partial charge in [0.15, 0.2) is 0 Å². The molecule has 0 atom stereocenters. The molecule has 1 rings (SSSR count). The fourth-order valence-electron chi connectivity index (χ4n) is 2.33. The number of rotatable bonds is 9. The molecule has 0 heterocycles. The summed E-state index contributed by atoms with van der Waals surface area (Å²) in [7, 11) is 0. The van der Waals surface area contributed by atoms with Crippen molar-refractivity contribution in [2.75, 3.05) is 13.1 Å². The minimum atomic E-state index is -0.206. The summed E-state index contributed by atoms with van der Waals surface area (Å²) in [6.45, 7) is 11.0. The molecule has 4 nitrogen and oxygen atoms in total. The third kappa shape index (κ3) is 5.81. The highest BCUT2D eigenvalue weighted by Crippen LogP contribution is 2.29. The van der Waals surface area contributed by atoms with Crippen LogP contribution < -0.4 is 5.73 Å². The van der Waals surface area contributed by atoms with E-state index in [-0.39, 0.29) is 5.41 Å². The number of nitrogens with two attached hydrogens (primary N) is 1. The Morgan fingerprint density at radius 2 is 2.00 bits per heavy atom. The highest BCUT2D eigenvalue weighted by molar-refractivity contribution is 5.85. The Labute approximate surface area is 118 Å². The van der Waals surface area contributed by atoms with Crippen molar-refractivity contribution < 1.29 is 5.21 Å². The average molecular weight is 269 g/mol. The molecule has 1 aliphatic carbocycles. The largest absolute Gasteiger partial charge is 0.409 e. The minimum absolute atomic E-state index is 0.206. The Morgan fingerprint density at radius 3 is 2.47 bits per heavy atom. The zero-order valence-electron chi connectivity index (χ0n) is 13.0. The van der Waals surface area contributed by atoms with Crippen LogP contribution in [0.25, 0.3) is 0 Å². The fourth-order valence-corrected chi connectivity index (χ4v) is 2.33. The third-order valence-electron chi connectivity index (χ3n) is 4.11. The summed E-state index contributed by atoms with van der Waals surface area (Å²) in [5.74, 6) is 1.11. The van der Waals surface area contributed by atoms with Gasteiger partial charge in [0, 0.05) is 11.5 Å². The number of hydrogen-bond acceptors (Lipinski definition) is 3.